The van der Waals surface area contributed by atoms with Crippen LogP contribution in [0.4, 0.5) is 8.78 Å². The number of halogens is 3. The van der Waals surface area contributed by atoms with Gasteiger partial charge in [0.2, 0.25) is 0 Å². The van der Waals surface area contributed by atoms with Gasteiger partial charge in [0.05, 0.1) is 16.9 Å². The van der Waals surface area contributed by atoms with E-state index in [4.69, 9.17) is 11.6 Å². The van der Waals surface area contributed by atoms with E-state index in [1.54, 1.807) is 24.3 Å². The highest BCUT2D eigenvalue weighted by Gasteiger charge is 2.21. The molecule has 0 aliphatic heterocycles. The molecule has 0 atom stereocenters. The van der Waals surface area contributed by atoms with Crippen molar-refractivity contribution in [2.75, 3.05) is 0 Å². The average molecular weight is 533 g/mol. The van der Waals surface area contributed by atoms with Gasteiger partial charge in [-0.2, -0.15) is 4.68 Å². The van der Waals surface area contributed by atoms with E-state index in [9.17, 15) is 13.6 Å². The van der Waals surface area contributed by atoms with E-state index in [0.717, 1.165) is 23.9 Å². The number of rotatable bonds is 7. The number of aromatic nitrogens is 6. The second-order valence-electron chi connectivity index (χ2n) is 7.58. The summed E-state index contributed by atoms with van der Waals surface area (Å²) in [6, 6.07) is 18.8. The molecular formula is C26H15ClF2N6OS. The van der Waals surface area contributed by atoms with E-state index in [2.05, 4.69) is 25.5 Å². The monoisotopic (exact) mass is 532 g/mol. The van der Waals surface area contributed by atoms with Crippen molar-refractivity contribution in [3.8, 4) is 28.3 Å². The van der Waals surface area contributed by atoms with E-state index >= 15 is 0 Å². The Morgan fingerprint density at radius 3 is 2.51 bits per heavy atom. The third-order valence-electron chi connectivity index (χ3n) is 5.19. The van der Waals surface area contributed by atoms with Gasteiger partial charge in [-0.1, -0.05) is 41.6 Å². The molecule has 0 N–H and O–H groups in total. The summed E-state index contributed by atoms with van der Waals surface area (Å²) in [6.07, 6.45) is 2.84. The summed E-state index contributed by atoms with van der Waals surface area (Å²) < 4.78 is 30.0. The first-order chi connectivity index (χ1) is 18.0. The van der Waals surface area contributed by atoms with Gasteiger partial charge in [-0.25, -0.2) is 18.7 Å². The van der Waals surface area contributed by atoms with Gasteiger partial charge < -0.3 is 0 Å². The molecule has 2 aromatic heterocycles. The number of carbonyl (C=O) groups is 1. The van der Waals surface area contributed by atoms with Gasteiger partial charge in [0.25, 0.3) is 0 Å². The Kier molecular flexibility index (Phi) is 7.11. The minimum absolute atomic E-state index is 0.0458. The zero-order chi connectivity index (χ0) is 25.8. The smallest absolute Gasteiger partial charge is 0.192 e. The van der Waals surface area contributed by atoms with Crippen molar-refractivity contribution in [1.82, 2.24) is 30.2 Å². The second-order valence-corrected chi connectivity index (χ2v) is 8.89. The molecule has 3 aromatic carbocycles. The number of allylic oxidation sites excluding steroid dienone is 1. The van der Waals surface area contributed by atoms with Crippen molar-refractivity contribution in [3.63, 3.8) is 0 Å². The van der Waals surface area contributed by atoms with E-state index in [-0.39, 0.29) is 28.0 Å². The lowest BCUT2D eigenvalue weighted by Crippen LogP contribution is -2.03. The molecule has 0 aliphatic carbocycles. The summed E-state index contributed by atoms with van der Waals surface area (Å²) in [7, 11) is 0. The SMILES string of the molecule is O=C(C=CSc1ncc(-c2nnnn2-c2ccccc2)c(-c2ccc(F)cc2F)n1)c1ccc(Cl)cc1. The number of benzene rings is 3. The fraction of sp³-hybridized carbons (Fsp3) is 0. The number of ketones is 1. The van der Waals surface area contributed by atoms with Gasteiger partial charge in [-0.15, -0.1) is 5.10 Å². The van der Waals surface area contributed by atoms with Crippen LogP contribution in [0.2, 0.25) is 5.02 Å². The first kappa shape index (κ1) is 24.4. The van der Waals surface area contributed by atoms with Gasteiger partial charge in [0.15, 0.2) is 16.8 Å². The largest absolute Gasteiger partial charge is 0.289 e. The maximum atomic E-state index is 14.9. The van der Waals surface area contributed by atoms with Crippen molar-refractivity contribution in [3.05, 3.63) is 113 Å². The number of para-hydroxylation sites is 1. The molecule has 0 saturated heterocycles. The maximum Gasteiger partial charge on any atom is 0.192 e. The lowest BCUT2D eigenvalue weighted by molar-refractivity contribution is 0.104. The predicted molar refractivity (Wildman–Crippen MR) is 136 cm³/mol. The Morgan fingerprint density at radius 1 is 0.973 bits per heavy atom. The molecular weight excluding hydrogens is 518 g/mol. The number of tetrazole rings is 1. The fourth-order valence-corrected chi connectivity index (χ4v) is 4.14. The lowest BCUT2D eigenvalue weighted by atomic mass is 10.1. The third kappa shape index (κ3) is 5.45. The minimum Gasteiger partial charge on any atom is -0.289 e. The molecule has 0 fully saturated rings. The van der Waals surface area contributed by atoms with Crippen molar-refractivity contribution >= 4 is 29.1 Å². The predicted octanol–water partition coefficient (Wildman–Crippen LogP) is 6.21. The molecule has 0 aliphatic rings. The topological polar surface area (TPSA) is 86.5 Å². The Bertz CT molecular complexity index is 1610. The molecule has 0 unspecified atom stereocenters. The lowest BCUT2D eigenvalue weighted by Gasteiger charge is -2.11. The molecule has 0 amide bonds. The van der Waals surface area contributed by atoms with Crippen LogP contribution in [-0.2, 0) is 0 Å². The van der Waals surface area contributed by atoms with E-state index in [1.165, 1.54) is 28.4 Å². The molecule has 37 heavy (non-hydrogen) atoms. The fourth-order valence-electron chi connectivity index (χ4n) is 3.44. The quantitative estimate of drug-likeness (QED) is 0.107. The van der Waals surface area contributed by atoms with Crippen LogP contribution >= 0.6 is 23.4 Å². The van der Waals surface area contributed by atoms with Crippen LogP contribution in [0, 0.1) is 11.6 Å². The summed E-state index contributed by atoms with van der Waals surface area (Å²) in [4.78, 5) is 21.3. The Morgan fingerprint density at radius 2 is 1.76 bits per heavy atom. The summed E-state index contributed by atoms with van der Waals surface area (Å²) >= 11 is 6.94. The Balaban J connectivity index is 1.52. The molecule has 182 valence electrons. The average Bonchev–Trinajstić information content (AvgIpc) is 3.39. The minimum atomic E-state index is -0.803. The molecule has 11 heteroatoms. The van der Waals surface area contributed by atoms with Crippen molar-refractivity contribution in [1.29, 1.82) is 0 Å². The molecule has 0 bridgehead atoms. The van der Waals surface area contributed by atoms with Crippen LogP contribution in [-0.4, -0.2) is 36.0 Å². The number of hydrogen-bond acceptors (Lipinski definition) is 7. The highest BCUT2D eigenvalue weighted by atomic mass is 35.5. The second kappa shape index (κ2) is 10.8. The van der Waals surface area contributed by atoms with Gasteiger partial charge in [-0.05, 0) is 70.4 Å². The summed E-state index contributed by atoms with van der Waals surface area (Å²) in [6.45, 7) is 0. The molecule has 2 heterocycles. The van der Waals surface area contributed by atoms with Crippen molar-refractivity contribution in [2.24, 2.45) is 0 Å². The first-order valence-electron chi connectivity index (χ1n) is 10.8. The maximum absolute atomic E-state index is 14.9. The highest BCUT2D eigenvalue weighted by Crippen LogP contribution is 2.33. The summed E-state index contributed by atoms with van der Waals surface area (Å²) in [5, 5.41) is 14.2. The van der Waals surface area contributed by atoms with Crippen LogP contribution in [0.1, 0.15) is 10.4 Å². The normalized spacial score (nSPS) is 11.2. The molecule has 5 rings (SSSR count). The van der Waals surface area contributed by atoms with Crippen LogP contribution in [0.15, 0.2) is 95.6 Å². The van der Waals surface area contributed by atoms with Crippen LogP contribution in [0.3, 0.4) is 0 Å². The van der Waals surface area contributed by atoms with Gasteiger partial charge in [0, 0.05) is 28.4 Å². The Hall–Kier alpha value is -4.28. The van der Waals surface area contributed by atoms with E-state index in [1.807, 2.05) is 30.3 Å². The highest BCUT2D eigenvalue weighted by molar-refractivity contribution is 8.02. The molecule has 7 nitrogen and oxygen atoms in total. The van der Waals surface area contributed by atoms with Crippen LogP contribution in [0.25, 0.3) is 28.3 Å². The van der Waals surface area contributed by atoms with Gasteiger partial charge in [-0.3, -0.25) is 4.79 Å². The summed E-state index contributed by atoms with van der Waals surface area (Å²) in [5.74, 6) is -1.48. The van der Waals surface area contributed by atoms with E-state index in [0.29, 0.717) is 21.8 Å². The molecule has 0 saturated carbocycles. The van der Waals surface area contributed by atoms with Crippen molar-refractivity contribution < 1.29 is 13.6 Å². The molecule has 0 spiro atoms. The van der Waals surface area contributed by atoms with E-state index < -0.39 is 11.6 Å². The third-order valence-corrected chi connectivity index (χ3v) is 6.12. The van der Waals surface area contributed by atoms with Gasteiger partial charge >= 0.3 is 0 Å². The molecule has 0 radical (unpaired) electrons. The zero-order valence-electron chi connectivity index (χ0n) is 18.8. The number of thioether (sulfide) groups is 1. The van der Waals surface area contributed by atoms with Crippen LogP contribution < -0.4 is 0 Å². The number of nitrogens with zero attached hydrogens (tertiary/aromatic N) is 6. The number of carbonyl (C=O) groups excluding carboxylic acids is 1. The van der Waals surface area contributed by atoms with Crippen LogP contribution in [0.5, 0.6) is 0 Å². The summed E-state index contributed by atoms with van der Waals surface area (Å²) in [5.41, 5.74) is 1.70. The number of hydrogen-bond donors (Lipinski definition) is 0. The standard InChI is InChI=1S/C26H15ClF2N6OS/c27-17-8-6-16(7-9-17)23(36)12-13-37-26-30-15-21(24(31-26)20-11-10-18(28)14-22(20)29)25-32-33-34-35(25)19-4-2-1-3-5-19/h1-15H. The van der Waals surface area contributed by atoms with Crippen molar-refractivity contribution in [2.45, 2.75) is 5.16 Å². The Labute approximate surface area is 218 Å². The van der Waals surface area contributed by atoms with Gasteiger partial charge in [0.1, 0.15) is 11.6 Å². The first-order valence-corrected chi connectivity index (χ1v) is 12.0. The zero-order valence-corrected chi connectivity index (χ0v) is 20.4. The molecule has 5 aromatic rings.